The van der Waals surface area contributed by atoms with Gasteiger partial charge in [-0.15, -0.1) is 0 Å². The van der Waals surface area contributed by atoms with E-state index in [0.29, 0.717) is 13.0 Å². The van der Waals surface area contributed by atoms with Crippen molar-refractivity contribution in [3.8, 4) is 0 Å². The van der Waals surface area contributed by atoms with Gasteiger partial charge in [0.2, 0.25) is 5.91 Å². The summed E-state index contributed by atoms with van der Waals surface area (Å²) < 4.78 is 0. The lowest BCUT2D eigenvalue weighted by Gasteiger charge is -2.34. The largest absolute Gasteiger partial charge is 0.388 e. The van der Waals surface area contributed by atoms with E-state index in [0.717, 1.165) is 17.8 Å². The average molecular weight is 262 g/mol. The molecule has 1 aliphatic heterocycles. The van der Waals surface area contributed by atoms with Crippen molar-refractivity contribution in [1.29, 1.82) is 0 Å². The highest BCUT2D eigenvalue weighted by Crippen LogP contribution is 2.33. The van der Waals surface area contributed by atoms with Crippen LogP contribution in [0.2, 0.25) is 0 Å². The van der Waals surface area contributed by atoms with Crippen LogP contribution in [-0.2, 0) is 4.79 Å². The van der Waals surface area contributed by atoms with Crippen molar-refractivity contribution in [2.75, 3.05) is 25.0 Å². The summed E-state index contributed by atoms with van der Waals surface area (Å²) in [6.45, 7) is 5.10. The number of benzene rings is 1. The van der Waals surface area contributed by atoms with Gasteiger partial charge in [0.1, 0.15) is 0 Å². The van der Waals surface area contributed by atoms with Gasteiger partial charge in [-0.3, -0.25) is 4.79 Å². The van der Waals surface area contributed by atoms with Crippen molar-refractivity contribution in [2.45, 2.75) is 32.4 Å². The summed E-state index contributed by atoms with van der Waals surface area (Å²) in [4.78, 5) is 16.0. The Kier molecular flexibility index (Phi) is 4.10. The third kappa shape index (κ3) is 2.89. The number of carbonyl (C=O) groups is 1. The molecule has 1 amide bonds. The number of anilines is 1. The number of nitrogens with zero attached hydrogens (tertiary/aromatic N) is 2. The lowest BCUT2D eigenvalue weighted by Crippen LogP contribution is -2.43. The second kappa shape index (κ2) is 5.61. The Morgan fingerprint density at radius 1 is 1.47 bits per heavy atom. The maximum absolute atomic E-state index is 12.2. The molecule has 1 atom stereocenters. The molecular formula is C15H22N2O2. The van der Waals surface area contributed by atoms with E-state index in [4.69, 9.17) is 0 Å². The molecule has 1 aliphatic rings. The molecule has 0 saturated heterocycles. The summed E-state index contributed by atoms with van der Waals surface area (Å²) in [5.74, 6) is 0.112. The zero-order valence-corrected chi connectivity index (χ0v) is 11.8. The molecular weight excluding hydrogens is 240 g/mol. The van der Waals surface area contributed by atoms with Crippen LogP contribution in [0, 0.1) is 0 Å². The molecule has 0 saturated carbocycles. The Bertz CT molecular complexity index is 459. The summed E-state index contributed by atoms with van der Waals surface area (Å²) in [5, 5.41) is 9.99. The predicted octanol–water partition coefficient (Wildman–Crippen LogP) is 1.80. The van der Waals surface area contributed by atoms with Crippen molar-refractivity contribution in [3.63, 3.8) is 0 Å². The summed E-state index contributed by atoms with van der Waals surface area (Å²) in [5.41, 5.74) is 1.90. The molecule has 1 aromatic rings. The van der Waals surface area contributed by atoms with Crippen LogP contribution < -0.4 is 4.90 Å². The summed E-state index contributed by atoms with van der Waals surface area (Å²) in [7, 11) is 1.83. The molecule has 1 unspecified atom stereocenters. The highest BCUT2D eigenvalue weighted by Gasteiger charge is 2.25. The minimum atomic E-state index is -0.412. The highest BCUT2D eigenvalue weighted by atomic mass is 16.3. The standard InChI is InChI=1S/C15H22N2O2/c1-11(2)16(3)15(19)10-17-9-8-14(18)12-6-4-5-7-13(12)17/h4-7,11,14,18H,8-10H2,1-3H3. The Morgan fingerprint density at radius 3 is 2.84 bits per heavy atom. The lowest BCUT2D eigenvalue weighted by molar-refractivity contribution is -0.129. The second-order valence-electron chi connectivity index (χ2n) is 5.38. The molecule has 19 heavy (non-hydrogen) atoms. The zero-order valence-electron chi connectivity index (χ0n) is 11.8. The number of para-hydroxylation sites is 1. The van der Waals surface area contributed by atoms with Crippen LogP contribution in [0.5, 0.6) is 0 Å². The number of fused-ring (bicyclic) bond motifs is 1. The van der Waals surface area contributed by atoms with Crippen LogP contribution in [0.1, 0.15) is 31.9 Å². The minimum Gasteiger partial charge on any atom is -0.388 e. The van der Waals surface area contributed by atoms with E-state index in [1.165, 1.54) is 0 Å². The van der Waals surface area contributed by atoms with E-state index in [2.05, 4.69) is 4.90 Å². The van der Waals surface area contributed by atoms with Crippen molar-refractivity contribution < 1.29 is 9.90 Å². The SMILES string of the molecule is CC(C)N(C)C(=O)CN1CCC(O)c2ccccc21. The molecule has 1 heterocycles. The highest BCUT2D eigenvalue weighted by molar-refractivity contribution is 5.82. The number of aliphatic hydroxyl groups excluding tert-OH is 1. The number of hydrogen-bond acceptors (Lipinski definition) is 3. The Balaban J connectivity index is 2.15. The lowest BCUT2D eigenvalue weighted by atomic mass is 9.99. The van der Waals surface area contributed by atoms with Crippen LogP contribution >= 0.6 is 0 Å². The number of aliphatic hydroxyl groups is 1. The van der Waals surface area contributed by atoms with Crippen LogP contribution in [0.25, 0.3) is 0 Å². The molecule has 1 N–H and O–H groups in total. The van der Waals surface area contributed by atoms with Gasteiger partial charge in [0, 0.05) is 30.9 Å². The molecule has 0 spiro atoms. The van der Waals surface area contributed by atoms with Crippen molar-refractivity contribution in [2.24, 2.45) is 0 Å². The first-order valence-corrected chi connectivity index (χ1v) is 6.78. The third-order valence-corrected chi connectivity index (χ3v) is 3.80. The third-order valence-electron chi connectivity index (χ3n) is 3.80. The van der Waals surface area contributed by atoms with Gasteiger partial charge in [0.05, 0.1) is 12.6 Å². The van der Waals surface area contributed by atoms with Gasteiger partial charge < -0.3 is 14.9 Å². The van der Waals surface area contributed by atoms with Crippen LogP contribution in [-0.4, -0.2) is 42.1 Å². The average Bonchev–Trinajstić information content (AvgIpc) is 2.41. The number of carbonyl (C=O) groups excluding carboxylic acids is 1. The molecule has 0 aliphatic carbocycles. The summed E-state index contributed by atoms with van der Waals surface area (Å²) in [6.07, 6.45) is 0.265. The van der Waals surface area contributed by atoms with E-state index in [9.17, 15) is 9.90 Å². The maximum atomic E-state index is 12.2. The van der Waals surface area contributed by atoms with Gasteiger partial charge in [-0.25, -0.2) is 0 Å². The summed E-state index contributed by atoms with van der Waals surface area (Å²) in [6, 6.07) is 7.98. The van der Waals surface area contributed by atoms with Crippen LogP contribution in [0.4, 0.5) is 5.69 Å². The van der Waals surface area contributed by atoms with Gasteiger partial charge >= 0.3 is 0 Å². The monoisotopic (exact) mass is 262 g/mol. The van der Waals surface area contributed by atoms with E-state index >= 15 is 0 Å². The topological polar surface area (TPSA) is 43.8 Å². The van der Waals surface area contributed by atoms with Gasteiger partial charge in [-0.05, 0) is 26.3 Å². The molecule has 0 fully saturated rings. The molecule has 2 rings (SSSR count). The summed E-state index contributed by atoms with van der Waals surface area (Å²) >= 11 is 0. The van der Waals surface area contributed by atoms with Gasteiger partial charge in [0.25, 0.3) is 0 Å². The van der Waals surface area contributed by atoms with Gasteiger partial charge in [-0.2, -0.15) is 0 Å². The van der Waals surface area contributed by atoms with E-state index < -0.39 is 6.10 Å². The molecule has 0 radical (unpaired) electrons. The molecule has 4 nitrogen and oxygen atoms in total. The Labute approximate surface area is 114 Å². The number of likely N-dealkylation sites (N-methyl/N-ethyl adjacent to an activating group) is 1. The Hall–Kier alpha value is -1.55. The van der Waals surface area contributed by atoms with Crippen molar-refractivity contribution in [1.82, 2.24) is 4.90 Å². The molecule has 104 valence electrons. The van der Waals surface area contributed by atoms with E-state index in [1.807, 2.05) is 45.2 Å². The number of hydrogen-bond donors (Lipinski definition) is 1. The Morgan fingerprint density at radius 2 is 2.16 bits per heavy atom. The van der Waals surface area contributed by atoms with Gasteiger partial charge in [-0.1, -0.05) is 18.2 Å². The van der Waals surface area contributed by atoms with Crippen LogP contribution in [0.3, 0.4) is 0 Å². The zero-order chi connectivity index (χ0) is 14.0. The van der Waals surface area contributed by atoms with Crippen molar-refractivity contribution in [3.05, 3.63) is 29.8 Å². The predicted molar refractivity (Wildman–Crippen MR) is 76.1 cm³/mol. The molecule has 0 bridgehead atoms. The fourth-order valence-electron chi connectivity index (χ4n) is 2.34. The fourth-order valence-corrected chi connectivity index (χ4v) is 2.34. The minimum absolute atomic E-state index is 0.112. The van der Waals surface area contributed by atoms with Crippen LogP contribution in [0.15, 0.2) is 24.3 Å². The smallest absolute Gasteiger partial charge is 0.242 e. The fraction of sp³-hybridized carbons (Fsp3) is 0.533. The second-order valence-corrected chi connectivity index (χ2v) is 5.38. The first-order valence-electron chi connectivity index (χ1n) is 6.78. The first kappa shape index (κ1) is 13.9. The van der Waals surface area contributed by atoms with E-state index in [1.54, 1.807) is 4.90 Å². The van der Waals surface area contributed by atoms with Gasteiger partial charge in [0.15, 0.2) is 0 Å². The number of amides is 1. The maximum Gasteiger partial charge on any atom is 0.242 e. The number of rotatable bonds is 3. The van der Waals surface area contributed by atoms with E-state index in [-0.39, 0.29) is 11.9 Å². The van der Waals surface area contributed by atoms with Crippen molar-refractivity contribution >= 4 is 11.6 Å². The quantitative estimate of drug-likeness (QED) is 0.903. The molecule has 4 heteroatoms. The molecule has 1 aromatic carbocycles. The molecule has 0 aromatic heterocycles. The normalized spacial score (nSPS) is 18.4. The first-order chi connectivity index (χ1) is 9.00.